The van der Waals surface area contributed by atoms with E-state index in [1.165, 1.54) is 29.9 Å². The lowest BCUT2D eigenvalue weighted by Crippen LogP contribution is -2.44. The summed E-state index contributed by atoms with van der Waals surface area (Å²) in [6.45, 7) is 11.8. The Morgan fingerprint density at radius 3 is 2.48 bits per heavy atom. The number of nitrogens with zero attached hydrogens (tertiary/aromatic N) is 2. The van der Waals surface area contributed by atoms with E-state index < -0.39 is 0 Å². The molecule has 0 bridgehead atoms. The second kappa shape index (κ2) is 10.3. The summed E-state index contributed by atoms with van der Waals surface area (Å²) in [4.78, 5) is 13.3. The second-order valence-corrected chi connectivity index (χ2v) is 7.58. The van der Waals surface area contributed by atoms with Crippen molar-refractivity contribution in [2.45, 2.75) is 33.9 Å². The Balaban J connectivity index is 0.000000817. The van der Waals surface area contributed by atoms with E-state index in [1.54, 1.807) is 0 Å². The van der Waals surface area contributed by atoms with Gasteiger partial charge in [0, 0.05) is 43.4 Å². The minimum absolute atomic E-state index is 0.250. The van der Waals surface area contributed by atoms with Gasteiger partial charge in [-0.15, -0.1) is 0 Å². The summed E-state index contributed by atoms with van der Waals surface area (Å²) in [5.74, 6) is 0.858. The molecule has 0 unspecified atom stereocenters. The van der Waals surface area contributed by atoms with Crippen LogP contribution in [0.3, 0.4) is 0 Å². The van der Waals surface area contributed by atoms with Crippen molar-refractivity contribution in [2.24, 2.45) is 5.92 Å². The van der Waals surface area contributed by atoms with E-state index in [4.69, 9.17) is 21.5 Å². The van der Waals surface area contributed by atoms with E-state index in [0.29, 0.717) is 0 Å². The molecule has 0 spiro atoms. The molecule has 1 saturated heterocycles. The van der Waals surface area contributed by atoms with E-state index in [-0.39, 0.29) is 6.47 Å². The van der Waals surface area contributed by atoms with Crippen LogP contribution in [0.15, 0.2) is 42.5 Å². The number of carboxylic acid groups (broad SMARTS) is 1. The highest BCUT2D eigenvalue weighted by molar-refractivity contribution is 6.31. The molecule has 0 aliphatic carbocycles. The fraction of sp³-hybridized carbons (Fsp3) is 0.409. The van der Waals surface area contributed by atoms with Gasteiger partial charge in [-0.05, 0) is 54.7 Å². The molecule has 0 aromatic heterocycles. The van der Waals surface area contributed by atoms with E-state index in [1.807, 2.05) is 6.07 Å². The number of benzene rings is 2. The van der Waals surface area contributed by atoms with E-state index in [2.05, 4.69) is 67.0 Å². The van der Waals surface area contributed by atoms with Crippen molar-refractivity contribution in [3.63, 3.8) is 0 Å². The van der Waals surface area contributed by atoms with Crippen LogP contribution in [0.5, 0.6) is 0 Å². The molecule has 146 valence electrons. The zero-order valence-corrected chi connectivity index (χ0v) is 17.1. The maximum atomic E-state index is 8.36. The Morgan fingerprint density at radius 2 is 1.89 bits per heavy atom. The zero-order chi connectivity index (χ0) is 19.8. The van der Waals surface area contributed by atoms with Crippen molar-refractivity contribution in [1.82, 2.24) is 4.90 Å². The van der Waals surface area contributed by atoms with Crippen LogP contribution in [-0.2, 0) is 17.9 Å². The highest BCUT2D eigenvalue weighted by Crippen LogP contribution is 2.24. The number of carbonyl (C=O) groups is 1. The fourth-order valence-corrected chi connectivity index (χ4v) is 3.59. The Labute approximate surface area is 167 Å². The lowest BCUT2D eigenvalue weighted by atomic mass is 10.0. The van der Waals surface area contributed by atoms with Crippen LogP contribution in [0, 0.1) is 12.8 Å². The topological polar surface area (TPSA) is 43.8 Å². The highest BCUT2D eigenvalue weighted by Gasteiger charge is 2.22. The molecule has 3 rings (SSSR count). The largest absolute Gasteiger partial charge is 0.483 e. The quantitative estimate of drug-likeness (QED) is 0.720. The summed E-state index contributed by atoms with van der Waals surface area (Å²) in [7, 11) is 0. The van der Waals surface area contributed by atoms with Gasteiger partial charge in [-0.25, -0.2) is 0 Å². The minimum atomic E-state index is -0.250. The zero-order valence-electron chi connectivity index (χ0n) is 16.4. The fourth-order valence-electron chi connectivity index (χ4n) is 3.47. The Morgan fingerprint density at radius 1 is 1.22 bits per heavy atom. The number of hydrogen-bond donors (Lipinski definition) is 1. The molecule has 1 N–H and O–H groups in total. The van der Waals surface area contributed by atoms with Crippen molar-refractivity contribution < 1.29 is 9.90 Å². The number of likely N-dealkylation sites (tertiary alicyclic amines) is 1. The molecule has 1 aliphatic heterocycles. The van der Waals surface area contributed by atoms with E-state index in [0.717, 1.165) is 36.1 Å². The third-order valence-electron chi connectivity index (χ3n) is 4.80. The first kappa shape index (κ1) is 21.3. The van der Waals surface area contributed by atoms with Crippen molar-refractivity contribution in [3.8, 4) is 0 Å². The predicted octanol–water partition coefficient (Wildman–Crippen LogP) is 4.83. The minimum Gasteiger partial charge on any atom is -0.483 e. The summed E-state index contributed by atoms with van der Waals surface area (Å²) >= 11 is 6.16. The first-order valence-corrected chi connectivity index (χ1v) is 9.73. The van der Waals surface area contributed by atoms with E-state index in [9.17, 15) is 0 Å². The molecule has 0 saturated carbocycles. The Kier molecular flexibility index (Phi) is 8.14. The molecule has 0 atom stereocenters. The summed E-state index contributed by atoms with van der Waals surface area (Å²) in [6, 6.07) is 15.3. The number of anilines is 1. The maximum Gasteiger partial charge on any atom is 0.290 e. The van der Waals surface area contributed by atoms with Crippen molar-refractivity contribution in [2.75, 3.05) is 24.5 Å². The van der Waals surface area contributed by atoms with Gasteiger partial charge in [0.2, 0.25) is 0 Å². The molecule has 0 amide bonds. The molecule has 1 heterocycles. The van der Waals surface area contributed by atoms with Gasteiger partial charge in [-0.3, -0.25) is 9.69 Å². The van der Waals surface area contributed by atoms with Crippen LogP contribution in [0.1, 0.15) is 30.5 Å². The van der Waals surface area contributed by atoms with Gasteiger partial charge in [0.05, 0.1) is 0 Å². The summed E-state index contributed by atoms with van der Waals surface area (Å²) < 4.78 is 0. The van der Waals surface area contributed by atoms with Crippen LogP contribution in [0.4, 0.5) is 5.69 Å². The summed E-state index contributed by atoms with van der Waals surface area (Å²) in [5, 5.41) is 7.72. The van der Waals surface area contributed by atoms with Crippen molar-refractivity contribution >= 4 is 23.8 Å². The summed E-state index contributed by atoms with van der Waals surface area (Å²) in [6.07, 6.45) is 0. The highest BCUT2D eigenvalue weighted by atomic mass is 35.5. The second-order valence-electron chi connectivity index (χ2n) is 7.17. The Bertz CT molecular complexity index is 745. The lowest BCUT2D eigenvalue weighted by Gasteiger charge is -2.37. The van der Waals surface area contributed by atoms with Crippen LogP contribution in [0.2, 0.25) is 5.02 Å². The smallest absolute Gasteiger partial charge is 0.290 e. The first-order chi connectivity index (χ1) is 13.0. The predicted molar refractivity (Wildman–Crippen MR) is 112 cm³/mol. The molecule has 2 aromatic rings. The van der Waals surface area contributed by atoms with Crippen LogP contribution in [-0.4, -0.2) is 36.1 Å². The molecule has 1 fully saturated rings. The molecular weight excluding hydrogens is 360 g/mol. The maximum absolute atomic E-state index is 8.36. The number of aryl methyl sites for hydroxylation is 1. The first-order valence-electron chi connectivity index (χ1n) is 9.36. The third kappa shape index (κ3) is 6.26. The van der Waals surface area contributed by atoms with E-state index >= 15 is 0 Å². The van der Waals surface area contributed by atoms with Gasteiger partial charge in [-0.1, -0.05) is 42.8 Å². The van der Waals surface area contributed by atoms with Gasteiger partial charge in [0.25, 0.3) is 6.47 Å². The normalized spacial score (nSPS) is 14.1. The average molecular weight is 389 g/mol. The number of rotatable bonds is 6. The van der Waals surface area contributed by atoms with Gasteiger partial charge in [-0.2, -0.15) is 0 Å². The average Bonchev–Trinajstić information content (AvgIpc) is 2.62. The number of halogens is 1. The molecule has 27 heavy (non-hydrogen) atoms. The molecule has 5 heteroatoms. The lowest BCUT2D eigenvalue weighted by molar-refractivity contribution is -0.122. The summed E-state index contributed by atoms with van der Waals surface area (Å²) in [5.41, 5.74) is 5.16. The number of hydrogen-bond acceptors (Lipinski definition) is 3. The SMILES string of the molecule is CCN(Cc1cccc(CN2CC(C)C2)c1)c1ccc(Cl)c(C)c1.O=CO. The Hall–Kier alpha value is -2.04. The monoisotopic (exact) mass is 388 g/mol. The van der Waals surface area contributed by atoms with Crippen LogP contribution in [0.25, 0.3) is 0 Å². The third-order valence-corrected chi connectivity index (χ3v) is 5.22. The standard InChI is InChI=1S/C21H27ClN2.CH2O2/c1-4-24(20-8-9-21(22)17(3)10-20)15-19-7-5-6-18(11-19)14-23-12-16(2)13-23;2-1-3/h5-11,16H,4,12-15H2,1-3H3;1H,(H,2,3). The van der Waals surface area contributed by atoms with Crippen LogP contribution < -0.4 is 4.90 Å². The van der Waals surface area contributed by atoms with Gasteiger partial charge in [0.15, 0.2) is 0 Å². The molecule has 1 aliphatic rings. The van der Waals surface area contributed by atoms with Crippen molar-refractivity contribution in [1.29, 1.82) is 0 Å². The van der Waals surface area contributed by atoms with Gasteiger partial charge >= 0.3 is 0 Å². The van der Waals surface area contributed by atoms with Crippen LogP contribution >= 0.6 is 11.6 Å². The van der Waals surface area contributed by atoms with Gasteiger partial charge in [0.1, 0.15) is 0 Å². The van der Waals surface area contributed by atoms with Crippen molar-refractivity contribution in [3.05, 3.63) is 64.2 Å². The van der Waals surface area contributed by atoms with Gasteiger partial charge < -0.3 is 10.0 Å². The molecule has 2 aromatic carbocycles. The molecule has 4 nitrogen and oxygen atoms in total. The molecular formula is C22H29ClN2O2. The molecule has 0 radical (unpaired) electrons.